The molecule has 1 fully saturated rings. The number of aryl methyl sites for hydroxylation is 1. The normalized spacial score (nSPS) is 16.9. The quantitative estimate of drug-likeness (QED) is 0.753. The monoisotopic (exact) mass is 333 g/mol. The molecule has 6 heteroatoms. The van der Waals surface area contributed by atoms with Crippen LogP contribution in [0.25, 0.3) is 0 Å². The summed E-state index contributed by atoms with van der Waals surface area (Å²) in [4.78, 5) is 26.4. The molecule has 2 N–H and O–H groups in total. The summed E-state index contributed by atoms with van der Waals surface area (Å²) >= 11 is 0. The number of ether oxygens (including phenoxy) is 1. The fraction of sp³-hybridized carbons (Fsp3) is 0.556. The highest BCUT2D eigenvalue weighted by atomic mass is 16.5. The first-order chi connectivity index (χ1) is 11.6. The summed E-state index contributed by atoms with van der Waals surface area (Å²) < 4.78 is 5.25. The molecule has 2 rings (SSSR count). The minimum Gasteiger partial charge on any atom is -0.382 e. The third-order valence-electron chi connectivity index (χ3n) is 4.09. The maximum atomic E-state index is 12.4. The molecule has 6 nitrogen and oxygen atoms in total. The summed E-state index contributed by atoms with van der Waals surface area (Å²) in [6.07, 6.45) is 2.33. The van der Waals surface area contributed by atoms with E-state index in [2.05, 4.69) is 10.6 Å². The first-order valence-electron chi connectivity index (χ1n) is 8.61. The highest BCUT2D eigenvalue weighted by Gasteiger charge is 2.33. The Kier molecular flexibility index (Phi) is 7.06. The van der Waals surface area contributed by atoms with Crippen LogP contribution in [0.4, 0.5) is 10.5 Å². The Labute approximate surface area is 143 Å². The highest BCUT2D eigenvalue weighted by molar-refractivity contribution is 5.94. The molecule has 1 aliphatic heterocycles. The predicted octanol–water partition coefficient (Wildman–Crippen LogP) is 2.53. The lowest BCUT2D eigenvalue weighted by atomic mass is 10.2. The van der Waals surface area contributed by atoms with Crippen molar-refractivity contribution in [1.82, 2.24) is 10.2 Å². The summed E-state index contributed by atoms with van der Waals surface area (Å²) in [6.45, 7) is 6.44. The summed E-state index contributed by atoms with van der Waals surface area (Å²) in [6, 6.07) is 7.02. The van der Waals surface area contributed by atoms with E-state index >= 15 is 0 Å². The number of nitrogens with zero attached hydrogens (tertiary/aromatic N) is 1. The Bertz CT molecular complexity index is 545. The lowest BCUT2D eigenvalue weighted by Crippen LogP contribution is -2.47. The Balaban J connectivity index is 1.83. The van der Waals surface area contributed by atoms with E-state index in [9.17, 15) is 9.59 Å². The summed E-state index contributed by atoms with van der Waals surface area (Å²) in [5.74, 6) is -0.0805. The minimum absolute atomic E-state index is 0.0805. The van der Waals surface area contributed by atoms with Crippen molar-refractivity contribution in [1.29, 1.82) is 0 Å². The van der Waals surface area contributed by atoms with Crippen molar-refractivity contribution in [2.45, 2.75) is 39.2 Å². The van der Waals surface area contributed by atoms with Gasteiger partial charge in [0.1, 0.15) is 6.04 Å². The maximum Gasteiger partial charge on any atom is 0.322 e. The topological polar surface area (TPSA) is 70.7 Å². The zero-order chi connectivity index (χ0) is 17.4. The number of carbonyl (C=O) groups excluding carboxylic acids is 2. The van der Waals surface area contributed by atoms with Gasteiger partial charge in [0.15, 0.2) is 0 Å². The third-order valence-corrected chi connectivity index (χ3v) is 4.09. The minimum atomic E-state index is -0.387. The molecule has 0 aromatic heterocycles. The second-order valence-electron chi connectivity index (χ2n) is 5.99. The molecule has 0 radical (unpaired) electrons. The molecule has 0 unspecified atom stereocenters. The van der Waals surface area contributed by atoms with Crippen LogP contribution in [0, 0.1) is 6.92 Å². The van der Waals surface area contributed by atoms with Gasteiger partial charge in [-0.1, -0.05) is 17.7 Å². The van der Waals surface area contributed by atoms with Crippen LogP contribution in [-0.2, 0) is 9.53 Å². The number of hydrogen-bond donors (Lipinski definition) is 2. The molecule has 1 saturated heterocycles. The van der Waals surface area contributed by atoms with Crippen LogP contribution in [0.5, 0.6) is 0 Å². The average molecular weight is 333 g/mol. The van der Waals surface area contributed by atoms with Crippen molar-refractivity contribution in [2.24, 2.45) is 0 Å². The van der Waals surface area contributed by atoms with E-state index in [-0.39, 0.29) is 18.0 Å². The van der Waals surface area contributed by atoms with Crippen LogP contribution in [0.15, 0.2) is 24.3 Å². The molecule has 0 bridgehead atoms. The smallest absolute Gasteiger partial charge is 0.322 e. The molecule has 0 spiro atoms. The van der Waals surface area contributed by atoms with Gasteiger partial charge in [0.05, 0.1) is 0 Å². The van der Waals surface area contributed by atoms with Crippen LogP contribution in [0.1, 0.15) is 31.7 Å². The molecule has 1 aliphatic rings. The number of hydrogen-bond acceptors (Lipinski definition) is 3. The van der Waals surface area contributed by atoms with Gasteiger partial charge in [0.2, 0.25) is 5.91 Å². The van der Waals surface area contributed by atoms with Crippen LogP contribution in [-0.4, -0.2) is 49.2 Å². The maximum absolute atomic E-state index is 12.4. The van der Waals surface area contributed by atoms with Crippen molar-refractivity contribution in [3.63, 3.8) is 0 Å². The van der Waals surface area contributed by atoms with E-state index in [0.29, 0.717) is 32.7 Å². The van der Waals surface area contributed by atoms with Crippen LogP contribution in [0.3, 0.4) is 0 Å². The van der Waals surface area contributed by atoms with Crippen molar-refractivity contribution >= 4 is 17.6 Å². The van der Waals surface area contributed by atoms with E-state index in [0.717, 1.165) is 24.1 Å². The molecule has 132 valence electrons. The zero-order valence-electron chi connectivity index (χ0n) is 14.5. The Morgan fingerprint density at radius 2 is 2.04 bits per heavy atom. The highest BCUT2D eigenvalue weighted by Crippen LogP contribution is 2.19. The number of urea groups is 1. The lowest BCUT2D eigenvalue weighted by Gasteiger charge is -2.24. The van der Waals surface area contributed by atoms with Crippen molar-refractivity contribution in [3.8, 4) is 0 Å². The molecule has 3 amide bonds. The molecular weight excluding hydrogens is 306 g/mol. The summed E-state index contributed by atoms with van der Waals surface area (Å²) in [5, 5.41) is 5.77. The van der Waals surface area contributed by atoms with Gasteiger partial charge in [-0.3, -0.25) is 4.79 Å². The van der Waals surface area contributed by atoms with Crippen molar-refractivity contribution in [2.75, 3.05) is 31.6 Å². The van der Waals surface area contributed by atoms with E-state index in [1.807, 2.05) is 38.1 Å². The van der Waals surface area contributed by atoms with E-state index in [1.165, 1.54) is 0 Å². The summed E-state index contributed by atoms with van der Waals surface area (Å²) in [7, 11) is 0. The Hall–Kier alpha value is -2.08. The predicted molar refractivity (Wildman–Crippen MR) is 94.0 cm³/mol. The molecule has 1 heterocycles. The van der Waals surface area contributed by atoms with Crippen LogP contribution in [0.2, 0.25) is 0 Å². The number of nitrogens with one attached hydrogen (secondary N) is 2. The number of amides is 3. The zero-order valence-corrected chi connectivity index (χ0v) is 14.5. The fourth-order valence-electron chi connectivity index (χ4n) is 2.76. The van der Waals surface area contributed by atoms with E-state index < -0.39 is 0 Å². The second-order valence-corrected chi connectivity index (χ2v) is 5.99. The SMILES string of the molecule is CCOCCCNC(=O)[C@H]1CCCN1C(=O)Nc1ccc(C)cc1. The van der Waals surface area contributed by atoms with Crippen molar-refractivity contribution in [3.05, 3.63) is 29.8 Å². The van der Waals surface area contributed by atoms with Gasteiger partial charge in [-0.05, 0) is 45.2 Å². The van der Waals surface area contributed by atoms with Crippen LogP contribution < -0.4 is 10.6 Å². The number of benzene rings is 1. The van der Waals surface area contributed by atoms with Gasteiger partial charge in [-0.15, -0.1) is 0 Å². The lowest BCUT2D eigenvalue weighted by molar-refractivity contribution is -0.124. The largest absolute Gasteiger partial charge is 0.382 e. The van der Waals surface area contributed by atoms with E-state index in [4.69, 9.17) is 4.74 Å². The van der Waals surface area contributed by atoms with Crippen LogP contribution >= 0.6 is 0 Å². The van der Waals surface area contributed by atoms with Gasteiger partial charge in [-0.25, -0.2) is 4.79 Å². The van der Waals surface area contributed by atoms with Crippen molar-refractivity contribution < 1.29 is 14.3 Å². The molecular formula is C18H27N3O3. The van der Waals surface area contributed by atoms with Gasteiger partial charge in [0.25, 0.3) is 0 Å². The summed E-state index contributed by atoms with van der Waals surface area (Å²) in [5.41, 5.74) is 1.88. The average Bonchev–Trinajstić information content (AvgIpc) is 3.06. The Morgan fingerprint density at radius 3 is 2.75 bits per heavy atom. The number of carbonyl (C=O) groups is 2. The molecule has 0 saturated carbocycles. The Morgan fingerprint density at radius 1 is 1.29 bits per heavy atom. The number of likely N-dealkylation sites (tertiary alicyclic amines) is 1. The molecule has 1 aromatic rings. The molecule has 1 atom stereocenters. The fourth-order valence-corrected chi connectivity index (χ4v) is 2.76. The van der Waals surface area contributed by atoms with Gasteiger partial charge >= 0.3 is 6.03 Å². The first-order valence-corrected chi connectivity index (χ1v) is 8.61. The van der Waals surface area contributed by atoms with Gasteiger partial charge in [0, 0.05) is 32.0 Å². The number of anilines is 1. The van der Waals surface area contributed by atoms with Gasteiger partial charge in [-0.2, -0.15) is 0 Å². The van der Waals surface area contributed by atoms with Gasteiger partial charge < -0.3 is 20.3 Å². The molecule has 0 aliphatic carbocycles. The van der Waals surface area contributed by atoms with E-state index in [1.54, 1.807) is 4.90 Å². The number of rotatable bonds is 7. The standard InChI is InChI=1S/C18H27N3O3/c1-3-24-13-5-11-19-17(22)16-6-4-12-21(16)18(23)20-15-9-7-14(2)8-10-15/h7-10,16H,3-6,11-13H2,1-2H3,(H,19,22)(H,20,23)/t16-/m1/s1. The molecule has 1 aromatic carbocycles. The third kappa shape index (κ3) is 5.23. The first kappa shape index (κ1) is 18.3. The second kappa shape index (κ2) is 9.27. The molecule has 24 heavy (non-hydrogen) atoms.